The number of benzene rings is 1. The maximum Gasteiger partial charge on any atom is 0.141 e. The number of halogens is 2. The SMILES string of the molecule is COCN(C)c1ccc(F)c(Cl)c1. The van der Waals surface area contributed by atoms with E-state index in [1.54, 1.807) is 19.2 Å². The molecule has 0 radical (unpaired) electrons. The molecule has 0 saturated carbocycles. The fraction of sp³-hybridized carbons (Fsp3) is 0.333. The molecule has 0 saturated heterocycles. The van der Waals surface area contributed by atoms with Gasteiger partial charge in [-0.05, 0) is 18.2 Å². The second-order valence-electron chi connectivity index (χ2n) is 2.71. The number of methoxy groups -OCH3 is 1. The average Bonchev–Trinajstić information content (AvgIpc) is 2.10. The van der Waals surface area contributed by atoms with Gasteiger partial charge in [0, 0.05) is 19.8 Å². The molecule has 4 heteroatoms. The number of hydrogen-bond acceptors (Lipinski definition) is 2. The molecular weight excluding hydrogens is 193 g/mol. The molecule has 1 rings (SSSR count). The molecule has 0 aliphatic rings. The van der Waals surface area contributed by atoms with E-state index in [9.17, 15) is 4.39 Å². The summed E-state index contributed by atoms with van der Waals surface area (Å²) < 4.78 is 17.7. The van der Waals surface area contributed by atoms with Crippen LogP contribution < -0.4 is 4.90 Å². The van der Waals surface area contributed by atoms with Crippen LogP contribution in [0.25, 0.3) is 0 Å². The summed E-state index contributed by atoms with van der Waals surface area (Å²) in [6, 6.07) is 4.56. The van der Waals surface area contributed by atoms with Gasteiger partial charge in [-0.1, -0.05) is 11.6 Å². The minimum Gasteiger partial charge on any atom is -0.364 e. The first-order chi connectivity index (χ1) is 6.15. The van der Waals surface area contributed by atoms with Crippen LogP contribution >= 0.6 is 11.6 Å². The van der Waals surface area contributed by atoms with E-state index >= 15 is 0 Å². The van der Waals surface area contributed by atoms with Crippen molar-refractivity contribution in [3.8, 4) is 0 Å². The number of hydrogen-bond donors (Lipinski definition) is 0. The maximum absolute atomic E-state index is 12.8. The van der Waals surface area contributed by atoms with Crippen molar-refractivity contribution >= 4 is 17.3 Å². The van der Waals surface area contributed by atoms with Crippen LogP contribution in [0, 0.1) is 5.82 Å². The summed E-state index contributed by atoms with van der Waals surface area (Å²) in [5.74, 6) is -0.406. The predicted molar refractivity (Wildman–Crippen MR) is 51.7 cm³/mol. The zero-order chi connectivity index (χ0) is 9.84. The zero-order valence-corrected chi connectivity index (χ0v) is 8.31. The Bertz CT molecular complexity index is 293. The standard InChI is InChI=1S/C9H11ClFNO/c1-12(6-13-2)7-3-4-9(11)8(10)5-7/h3-5H,6H2,1-2H3. The van der Waals surface area contributed by atoms with E-state index in [0.717, 1.165) is 5.69 Å². The molecule has 1 aromatic carbocycles. The molecule has 0 heterocycles. The molecule has 0 aliphatic carbocycles. The Morgan fingerprint density at radius 2 is 2.23 bits per heavy atom. The molecule has 1 aromatic rings. The summed E-state index contributed by atoms with van der Waals surface area (Å²) in [4.78, 5) is 1.82. The van der Waals surface area contributed by atoms with Gasteiger partial charge in [0.05, 0.1) is 5.02 Å². The topological polar surface area (TPSA) is 12.5 Å². The van der Waals surface area contributed by atoms with E-state index in [0.29, 0.717) is 6.73 Å². The molecule has 0 fully saturated rings. The molecule has 0 N–H and O–H groups in total. The van der Waals surface area contributed by atoms with Gasteiger partial charge in [-0.2, -0.15) is 0 Å². The lowest BCUT2D eigenvalue weighted by atomic mass is 10.3. The van der Waals surface area contributed by atoms with Crippen molar-refractivity contribution in [1.29, 1.82) is 0 Å². The Hall–Kier alpha value is -0.800. The number of ether oxygens (including phenoxy) is 1. The molecule has 13 heavy (non-hydrogen) atoms. The average molecular weight is 204 g/mol. The van der Waals surface area contributed by atoms with Crippen molar-refractivity contribution in [2.45, 2.75) is 0 Å². The first kappa shape index (κ1) is 10.3. The van der Waals surface area contributed by atoms with E-state index in [4.69, 9.17) is 16.3 Å². The van der Waals surface area contributed by atoms with Gasteiger partial charge >= 0.3 is 0 Å². The third-order valence-corrected chi connectivity index (χ3v) is 1.96. The highest BCUT2D eigenvalue weighted by molar-refractivity contribution is 6.31. The fourth-order valence-electron chi connectivity index (χ4n) is 0.991. The Morgan fingerprint density at radius 1 is 1.54 bits per heavy atom. The molecule has 0 bridgehead atoms. The van der Waals surface area contributed by atoms with Gasteiger partial charge < -0.3 is 9.64 Å². The van der Waals surface area contributed by atoms with Crippen molar-refractivity contribution in [2.24, 2.45) is 0 Å². The number of nitrogens with zero attached hydrogens (tertiary/aromatic N) is 1. The van der Waals surface area contributed by atoms with Gasteiger partial charge in [0.15, 0.2) is 0 Å². The van der Waals surface area contributed by atoms with Gasteiger partial charge in [-0.15, -0.1) is 0 Å². The van der Waals surface area contributed by atoms with Crippen molar-refractivity contribution < 1.29 is 9.13 Å². The maximum atomic E-state index is 12.8. The lowest BCUT2D eigenvalue weighted by molar-refractivity contribution is 0.202. The van der Waals surface area contributed by atoms with E-state index in [1.807, 2.05) is 11.9 Å². The smallest absolute Gasteiger partial charge is 0.141 e. The summed E-state index contributed by atoms with van der Waals surface area (Å²) >= 11 is 5.62. The van der Waals surface area contributed by atoms with Crippen LogP contribution in [0.5, 0.6) is 0 Å². The van der Waals surface area contributed by atoms with Gasteiger partial charge in [-0.3, -0.25) is 0 Å². The van der Waals surface area contributed by atoms with Crippen LogP contribution in [0.15, 0.2) is 18.2 Å². The third-order valence-electron chi connectivity index (χ3n) is 1.67. The van der Waals surface area contributed by atoms with Crippen molar-refractivity contribution in [2.75, 3.05) is 25.8 Å². The Morgan fingerprint density at radius 3 is 2.77 bits per heavy atom. The second-order valence-corrected chi connectivity index (χ2v) is 3.12. The molecule has 0 spiro atoms. The highest BCUT2D eigenvalue weighted by Gasteiger charge is 2.03. The van der Waals surface area contributed by atoms with E-state index < -0.39 is 5.82 Å². The molecule has 2 nitrogen and oxygen atoms in total. The van der Waals surface area contributed by atoms with Crippen LogP contribution in [-0.2, 0) is 4.74 Å². The Labute approximate surface area is 81.9 Å². The lowest BCUT2D eigenvalue weighted by Crippen LogP contribution is -2.19. The molecular formula is C9H11ClFNO. The number of rotatable bonds is 3. The van der Waals surface area contributed by atoms with Gasteiger partial charge in [0.2, 0.25) is 0 Å². The monoisotopic (exact) mass is 203 g/mol. The van der Waals surface area contributed by atoms with E-state index in [2.05, 4.69) is 0 Å². The second kappa shape index (κ2) is 4.44. The van der Waals surface area contributed by atoms with E-state index in [1.165, 1.54) is 6.07 Å². The first-order valence-electron chi connectivity index (χ1n) is 3.80. The highest BCUT2D eigenvalue weighted by atomic mass is 35.5. The van der Waals surface area contributed by atoms with Crippen LogP contribution in [0.1, 0.15) is 0 Å². The van der Waals surface area contributed by atoms with Crippen LogP contribution in [0.2, 0.25) is 5.02 Å². The summed E-state index contributed by atoms with van der Waals surface area (Å²) in [7, 11) is 3.44. The van der Waals surface area contributed by atoms with E-state index in [-0.39, 0.29) is 5.02 Å². The molecule has 0 unspecified atom stereocenters. The normalized spacial score (nSPS) is 10.2. The summed E-state index contributed by atoms with van der Waals surface area (Å²) in [5, 5.41) is 0.125. The molecule has 0 atom stereocenters. The lowest BCUT2D eigenvalue weighted by Gasteiger charge is -2.17. The van der Waals surface area contributed by atoms with Gasteiger partial charge in [0.25, 0.3) is 0 Å². The quantitative estimate of drug-likeness (QED) is 0.700. The van der Waals surface area contributed by atoms with Gasteiger partial charge in [0.1, 0.15) is 12.5 Å². The fourth-order valence-corrected chi connectivity index (χ4v) is 1.17. The minimum absolute atomic E-state index is 0.125. The van der Waals surface area contributed by atoms with Crippen molar-refractivity contribution in [3.05, 3.63) is 29.0 Å². The molecule has 0 aromatic heterocycles. The predicted octanol–water partition coefficient (Wildman–Crippen LogP) is 2.52. The van der Waals surface area contributed by atoms with Gasteiger partial charge in [-0.25, -0.2) is 4.39 Å². The van der Waals surface area contributed by atoms with Crippen LogP contribution in [0.3, 0.4) is 0 Å². The van der Waals surface area contributed by atoms with Crippen molar-refractivity contribution in [1.82, 2.24) is 0 Å². The zero-order valence-electron chi connectivity index (χ0n) is 7.55. The molecule has 72 valence electrons. The molecule has 0 amide bonds. The summed E-state index contributed by atoms with van der Waals surface area (Å²) in [6.45, 7) is 0.446. The molecule has 0 aliphatic heterocycles. The third kappa shape index (κ3) is 2.57. The first-order valence-corrected chi connectivity index (χ1v) is 4.18. The minimum atomic E-state index is -0.406. The summed E-state index contributed by atoms with van der Waals surface area (Å²) in [5.41, 5.74) is 0.827. The number of anilines is 1. The Balaban J connectivity index is 2.84. The largest absolute Gasteiger partial charge is 0.364 e. The van der Waals surface area contributed by atoms with Crippen LogP contribution in [-0.4, -0.2) is 20.9 Å². The Kier molecular flexibility index (Phi) is 3.51. The van der Waals surface area contributed by atoms with Crippen molar-refractivity contribution in [3.63, 3.8) is 0 Å². The summed E-state index contributed by atoms with van der Waals surface area (Å²) in [6.07, 6.45) is 0. The highest BCUT2D eigenvalue weighted by Crippen LogP contribution is 2.21. The van der Waals surface area contributed by atoms with Crippen LogP contribution in [0.4, 0.5) is 10.1 Å².